The van der Waals surface area contributed by atoms with E-state index in [-0.39, 0.29) is 10.8 Å². The van der Waals surface area contributed by atoms with Crippen LogP contribution >= 0.6 is 11.3 Å². The Morgan fingerprint density at radius 2 is 1.08 bits per heavy atom. The lowest BCUT2D eigenvalue weighted by atomic mass is 9.54. The van der Waals surface area contributed by atoms with E-state index >= 15 is 0 Å². The second kappa shape index (κ2) is 9.69. The molecule has 0 fully saturated rings. The van der Waals surface area contributed by atoms with Gasteiger partial charge in [0.1, 0.15) is 0 Å². The van der Waals surface area contributed by atoms with Crippen molar-refractivity contribution in [1.29, 1.82) is 0 Å². The molecule has 0 spiro atoms. The largest absolute Gasteiger partial charge is 0.309 e. The lowest BCUT2D eigenvalue weighted by Gasteiger charge is -2.49. The Balaban J connectivity index is 1.12. The van der Waals surface area contributed by atoms with Crippen LogP contribution < -0.4 is 0 Å². The summed E-state index contributed by atoms with van der Waals surface area (Å²) in [5, 5.41) is 7.97. The number of thiophene rings is 1. The smallest absolute Gasteiger partial charge is 0.0541 e. The third-order valence-corrected chi connectivity index (χ3v) is 12.9. The van der Waals surface area contributed by atoms with Gasteiger partial charge in [0, 0.05) is 42.0 Å². The summed E-state index contributed by atoms with van der Waals surface area (Å²) in [4.78, 5) is 0. The first-order valence-corrected chi connectivity index (χ1v) is 17.8. The molecule has 0 amide bonds. The SMILES string of the molecule is CC1(C)c2cc3sc4ccc(-c5ccc(-n6c7ccccc7c7ccccc76)cc5)cc4c3cc2-c2ccc3ccccc3c2C1(C)C. The predicted octanol–water partition coefficient (Wildman–Crippen LogP) is 13.2. The number of rotatable bonds is 2. The Kier molecular flexibility index (Phi) is 5.63. The number of fused-ring (bicyclic) bond motifs is 11. The van der Waals surface area contributed by atoms with Crippen LogP contribution in [-0.4, -0.2) is 4.57 Å². The molecule has 10 rings (SSSR count). The second-order valence-corrected chi connectivity index (χ2v) is 15.7. The Hall–Kier alpha value is -5.18. The van der Waals surface area contributed by atoms with Gasteiger partial charge in [-0.1, -0.05) is 119 Å². The quantitative estimate of drug-likeness (QED) is 0.178. The topological polar surface area (TPSA) is 4.93 Å². The first-order chi connectivity index (χ1) is 23.3. The summed E-state index contributed by atoms with van der Waals surface area (Å²) in [6.45, 7) is 9.76. The highest BCUT2D eigenvalue weighted by molar-refractivity contribution is 7.25. The van der Waals surface area contributed by atoms with Gasteiger partial charge in [0.2, 0.25) is 0 Å². The Labute approximate surface area is 284 Å². The Morgan fingerprint density at radius 3 is 1.81 bits per heavy atom. The molecular formula is C46H35NS. The Morgan fingerprint density at radius 1 is 0.458 bits per heavy atom. The number of para-hydroxylation sites is 2. The van der Waals surface area contributed by atoms with E-state index in [0.717, 1.165) is 0 Å². The van der Waals surface area contributed by atoms with Crippen molar-refractivity contribution in [2.45, 2.75) is 38.5 Å². The van der Waals surface area contributed by atoms with Gasteiger partial charge < -0.3 is 4.57 Å². The van der Waals surface area contributed by atoms with Crippen LogP contribution in [0, 0.1) is 0 Å². The van der Waals surface area contributed by atoms with Crippen LogP contribution in [0.1, 0.15) is 38.8 Å². The normalized spacial score (nSPS) is 15.0. The van der Waals surface area contributed by atoms with E-state index in [1.165, 1.54) is 91.8 Å². The average Bonchev–Trinajstić information content (AvgIpc) is 3.65. The molecular weight excluding hydrogens is 599 g/mol. The van der Waals surface area contributed by atoms with Gasteiger partial charge in [0.25, 0.3) is 0 Å². The van der Waals surface area contributed by atoms with Crippen molar-refractivity contribution in [1.82, 2.24) is 4.57 Å². The molecule has 1 aliphatic rings. The van der Waals surface area contributed by atoms with E-state index in [4.69, 9.17) is 0 Å². The van der Waals surface area contributed by atoms with E-state index in [0.29, 0.717) is 0 Å². The van der Waals surface area contributed by atoms with Gasteiger partial charge in [-0.25, -0.2) is 0 Å². The fraction of sp³-hybridized carbons (Fsp3) is 0.130. The van der Waals surface area contributed by atoms with E-state index in [9.17, 15) is 0 Å². The molecule has 2 heterocycles. The van der Waals surface area contributed by atoms with Crippen molar-refractivity contribution in [3.8, 4) is 27.9 Å². The van der Waals surface area contributed by atoms with Gasteiger partial charge in [-0.05, 0) is 98.1 Å². The molecule has 0 bridgehead atoms. The molecule has 0 aliphatic heterocycles. The summed E-state index contributed by atoms with van der Waals surface area (Å²) < 4.78 is 5.10. The third-order valence-electron chi connectivity index (χ3n) is 11.7. The second-order valence-electron chi connectivity index (χ2n) is 14.6. The maximum atomic E-state index is 2.51. The van der Waals surface area contributed by atoms with Crippen molar-refractivity contribution in [3.63, 3.8) is 0 Å². The first kappa shape index (κ1) is 27.9. The number of benzene rings is 7. The molecule has 1 nitrogen and oxygen atoms in total. The molecule has 2 aromatic heterocycles. The lowest BCUT2D eigenvalue weighted by molar-refractivity contribution is 0.301. The molecule has 0 N–H and O–H groups in total. The van der Waals surface area contributed by atoms with Crippen LogP contribution in [0.3, 0.4) is 0 Å². The number of hydrogen-bond donors (Lipinski definition) is 0. The van der Waals surface area contributed by atoms with Gasteiger partial charge in [-0.3, -0.25) is 0 Å². The molecule has 0 saturated carbocycles. The van der Waals surface area contributed by atoms with Crippen molar-refractivity contribution in [2.75, 3.05) is 0 Å². The Bertz CT molecular complexity index is 2720. The fourth-order valence-corrected chi connectivity index (χ4v) is 9.67. The van der Waals surface area contributed by atoms with Crippen LogP contribution in [0.15, 0.2) is 140 Å². The molecule has 230 valence electrons. The summed E-state index contributed by atoms with van der Waals surface area (Å²) in [6, 6.07) is 52.1. The van der Waals surface area contributed by atoms with Gasteiger partial charge >= 0.3 is 0 Å². The number of hydrogen-bond acceptors (Lipinski definition) is 1. The van der Waals surface area contributed by atoms with Crippen molar-refractivity contribution in [3.05, 3.63) is 151 Å². The maximum Gasteiger partial charge on any atom is 0.0541 e. The van der Waals surface area contributed by atoms with Crippen LogP contribution in [0.4, 0.5) is 0 Å². The minimum absolute atomic E-state index is 0.0287. The van der Waals surface area contributed by atoms with Crippen molar-refractivity contribution < 1.29 is 0 Å². The molecule has 0 saturated heterocycles. The van der Waals surface area contributed by atoms with Crippen LogP contribution in [0.2, 0.25) is 0 Å². The zero-order chi connectivity index (χ0) is 32.4. The summed E-state index contributed by atoms with van der Waals surface area (Å²) in [5.74, 6) is 0. The highest BCUT2D eigenvalue weighted by Crippen LogP contribution is 2.57. The van der Waals surface area contributed by atoms with Crippen molar-refractivity contribution in [2.24, 2.45) is 0 Å². The van der Waals surface area contributed by atoms with Gasteiger partial charge in [0.15, 0.2) is 0 Å². The summed E-state index contributed by atoms with van der Waals surface area (Å²) >= 11 is 1.92. The number of aromatic nitrogens is 1. The first-order valence-electron chi connectivity index (χ1n) is 16.9. The molecule has 9 aromatic rings. The maximum absolute atomic E-state index is 2.51. The lowest BCUT2D eigenvalue weighted by Crippen LogP contribution is -2.43. The molecule has 48 heavy (non-hydrogen) atoms. The molecule has 0 radical (unpaired) electrons. The summed E-state index contributed by atoms with van der Waals surface area (Å²) in [7, 11) is 0. The zero-order valence-corrected chi connectivity index (χ0v) is 28.5. The molecule has 1 aliphatic carbocycles. The van der Waals surface area contributed by atoms with Crippen LogP contribution in [0.25, 0.3) is 80.7 Å². The standard InChI is InChI=1S/C46H35NS/c1-45(2)39-27-43-38(26-36(39)35-23-19-29-11-5-6-12-32(29)44(35)46(45,3)4)37-25-30(20-24-42(37)48-43)28-17-21-31(22-18-28)47-40-15-9-7-13-33(40)34-14-8-10-16-41(34)47/h5-27H,1-4H3. The van der Waals surface area contributed by atoms with E-state index in [1.807, 2.05) is 11.3 Å². The molecule has 2 heteroatoms. The van der Waals surface area contributed by atoms with Crippen LogP contribution in [0.5, 0.6) is 0 Å². The predicted molar refractivity (Wildman–Crippen MR) is 208 cm³/mol. The third kappa shape index (κ3) is 3.67. The zero-order valence-electron chi connectivity index (χ0n) is 27.6. The van der Waals surface area contributed by atoms with E-state index < -0.39 is 0 Å². The van der Waals surface area contributed by atoms with Crippen LogP contribution in [-0.2, 0) is 10.8 Å². The van der Waals surface area contributed by atoms with Gasteiger partial charge in [0.05, 0.1) is 11.0 Å². The van der Waals surface area contributed by atoms with Gasteiger partial charge in [-0.15, -0.1) is 11.3 Å². The average molecular weight is 634 g/mol. The van der Waals surface area contributed by atoms with E-state index in [1.54, 1.807) is 0 Å². The molecule has 7 aromatic carbocycles. The highest BCUT2D eigenvalue weighted by atomic mass is 32.1. The van der Waals surface area contributed by atoms with Crippen molar-refractivity contribution >= 4 is 64.1 Å². The van der Waals surface area contributed by atoms with E-state index in [2.05, 4.69) is 172 Å². The minimum atomic E-state index is -0.0346. The highest BCUT2D eigenvalue weighted by Gasteiger charge is 2.46. The molecule has 0 unspecified atom stereocenters. The monoisotopic (exact) mass is 633 g/mol. The van der Waals surface area contributed by atoms with Gasteiger partial charge in [-0.2, -0.15) is 0 Å². The summed E-state index contributed by atoms with van der Waals surface area (Å²) in [6.07, 6.45) is 0. The summed E-state index contributed by atoms with van der Waals surface area (Å²) in [5.41, 5.74) is 11.8. The fourth-order valence-electron chi connectivity index (χ4n) is 8.56. The molecule has 0 atom stereocenters. The number of nitrogens with zero attached hydrogens (tertiary/aromatic N) is 1. The minimum Gasteiger partial charge on any atom is -0.309 e.